The molecule has 0 spiro atoms. The van der Waals surface area contributed by atoms with Gasteiger partial charge in [0, 0.05) is 6.54 Å². The quantitative estimate of drug-likeness (QED) is 0.821. The van der Waals surface area contributed by atoms with Crippen LogP contribution in [0.25, 0.3) is 0 Å². The fourth-order valence-corrected chi connectivity index (χ4v) is 1.66. The van der Waals surface area contributed by atoms with Gasteiger partial charge in [-0.15, -0.1) is 0 Å². The topological polar surface area (TPSA) is 58.6 Å². The zero-order valence-corrected chi connectivity index (χ0v) is 10.6. The van der Waals surface area contributed by atoms with Crippen LogP contribution in [0.2, 0.25) is 5.02 Å². The largest absolute Gasteiger partial charge is 0.495 e. The van der Waals surface area contributed by atoms with Crippen molar-refractivity contribution in [3.63, 3.8) is 0 Å². The first-order valence-electron chi connectivity index (χ1n) is 5.37. The predicted molar refractivity (Wildman–Crippen MR) is 66.6 cm³/mol. The minimum absolute atomic E-state index is 0.471. The maximum atomic E-state index is 10.8. The van der Waals surface area contributed by atoms with E-state index < -0.39 is 12.0 Å². The SMILES string of the molecule is CC[C@@H](NCc1ccc(Cl)c(OC)c1)C(=O)O. The van der Waals surface area contributed by atoms with E-state index in [1.165, 1.54) is 0 Å². The molecule has 5 heteroatoms. The predicted octanol–water partition coefficient (Wildman–Crippen LogP) is 2.30. The number of carbonyl (C=O) groups is 1. The van der Waals surface area contributed by atoms with Crippen LogP contribution in [0.4, 0.5) is 0 Å². The maximum absolute atomic E-state index is 10.8. The Balaban J connectivity index is 2.66. The number of benzene rings is 1. The number of hydrogen-bond donors (Lipinski definition) is 2. The number of ether oxygens (including phenoxy) is 1. The number of halogens is 1. The van der Waals surface area contributed by atoms with E-state index in [1.807, 2.05) is 13.0 Å². The Morgan fingerprint density at radius 2 is 2.29 bits per heavy atom. The first kappa shape index (κ1) is 13.8. The Morgan fingerprint density at radius 3 is 2.82 bits per heavy atom. The van der Waals surface area contributed by atoms with Gasteiger partial charge in [0.05, 0.1) is 12.1 Å². The summed E-state index contributed by atoms with van der Waals surface area (Å²) in [5, 5.41) is 12.4. The van der Waals surface area contributed by atoms with Gasteiger partial charge in [-0.25, -0.2) is 0 Å². The Hall–Kier alpha value is -1.26. The van der Waals surface area contributed by atoms with Gasteiger partial charge in [0.15, 0.2) is 0 Å². The standard InChI is InChI=1S/C12H16ClNO3/c1-3-10(12(15)16)14-7-8-4-5-9(13)11(6-8)17-2/h4-6,10,14H,3,7H2,1-2H3,(H,15,16)/t10-/m1/s1. The van der Waals surface area contributed by atoms with E-state index in [9.17, 15) is 4.79 Å². The first-order chi connectivity index (χ1) is 8.08. The van der Waals surface area contributed by atoms with Crippen LogP contribution in [-0.4, -0.2) is 24.2 Å². The lowest BCUT2D eigenvalue weighted by atomic mass is 10.1. The van der Waals surface area contributed by atoms with Crippen molar-refractivity contribution in [1.29, 1.82) is 0 Å². The monoisotopic (exact) mass is 257 g/mol. The molecule has 0 radical (unpaired) electrons. The average Bonchev–Trinajstić information content (AvgIpc) is 2.31. The Bertz CT molecular complexity index is 395. The van der Waals surface area contributed by atoms with Crippen molar-refractivity contribution in [3.8, 4) is 5.75 Å². The summed E-state index contributed by atoms with van der Waals surface area (Å²) in [5.41, 5.74) is 0.936. The van der Waals surface area contributed by atoms with Crippen molar-refractivity contribution in [1.82, 2.24) is 5.32 Å². The van der Waals surface area contributed by atoms with E-state index in [-0.39, 0.29) is 0 Å². The average molecular weight is 258 g/mol. The fraction of sp³-hybridized carbons (Fsp3) is 0.417. The zero-order valence-electron chi connectivity index (χ0n) is 9.87. The molecule has 0 heterocycles. The minimum Gasteiger partial charge on any atom is -0.495 e. The van der Waals surface area contributed by atoms with Crippen molar-refractivity contribution >= 4 is 17.6 Å². The van der Waals surface area contributed by atoms with Gasteiger partial charge in [-0.1, -0.05) is 24.6 Å². The number of nitrogens with one attached hydrogen (secondary N) is 1. The van der Waals surface area contributed by atoms with Gasteiger partial charge in [-0.05, 0) is 24.1 Å². The molecule has 0 fully saturated rings. The molecule has 1 aromatic carbocycles. The second kappa shape index (κ2) is 6.47. The molecule has 0 amide bonds. The number of carboxylic acids is 1. The Morgan fingerprint density at radius 1 is 1.59 bits per heavy atom. The van der Waals surface area contributed by atoms with Gasteiger partial charge in [-0.3, -0.25) is 4.79 Å². The fourth-order valence-electron chi connectivity index (χ4n) is 1.46. The molecule has 94 valence electrons. The summed E-state index contributed by atoms with van der Waals surface area (Å²) in [5.74, 6) is -0.247. The molecule has 4 nitrogen and oxygen atoms in total. The number of methoxy groups -OCH3 is 1. The lowest BCUT2D eigenvalue weighted by Gasteiger charge is -2.13. The summed E-state index contributed by atoms with van der Waals surface area (Å²) in [4.78, 5) is 10.8. The van der Waals surface area contributed by atoms with Crippen molar-refractivity contribution < 1.29 is 14.6 Å². The van der Waals surface area contributed by atoms with Gasteiger partial charge >= 0.3 is 5.97 Å². The molecular formula is C12H16ClNO3. The summed E-state index contributed by atoms with van der Waals surface area (Å²) >= 11 is 5.90. The van der Waals surface area contributed by atoms with Crippen LogP contribution in [0.5, 0.6) is 5.75 Å². The lowest BCUT2D eigenvalue weighted by Crippen LogP contribution is -2.35. The lowest BCUT2D eigenvalue weighted by molar-refractivity contribution is -0.139. The third kappa shape index (κ3) is 3.91. The van der Waals surface area contributed by atoms with Crippen molar-refractivity contribution in [3.05, 3.63) is 28.8 Å². The van der Waals surface area contributed by atoms with Crippen LogP contribution in [0.15, 0.2) is 18.2 Å². The highest BCUT2D eigenvalue weighted by Gasteiger charge is 2.13. The van der Waals surface area contributed by atoms with Gasteiger partial charge in [0.1, 0.15) is 11.8 Å². The van der Waals surface area contributed by atoms with Crippen LogP contribution in [0.3, 0.4) is 0 Å². The first-order valence-corrected chi connectivity index (χ1v) is 5.74. The van der Waals surface area contributed by atoms with E-state index in [0.717, 1.165) is 5.56 Å². The van der Waals surface area contributed by atoms with Gasteiger partial charge < -0.3 is 15.2 Å². The molecule has 0 aromatic heterocycles. The smallest absolute Gasteiger partial charge is 0.320 e. The van der Waals surface area contributed by atoms with E-state index in [2.05, 4.69) is 5.32 Å². The molecule has 1 rings (SSSR count). The number of hydrogen-bond acceptors (Lipinski definition) is 3. The molecule has 0 aliphatic rings. The summed E-state index contributed by atoms with van der Waals surface area (Å²) in [6, 6.07) is 4.84. The molecule has 1 atom stereocenters. The summed E-state index contributed by atoms with van der Waals surface area (Å²) in [6.45, 7) is 2.30. The second-order valence-electron chi connectivity index (χ2n) is 3.65. The summed E-state index contributed by atoms with van der Waals surface area (Å²) in [6.07, 6.45) is 0.542. The second-order valence-corrected chi connectivity index (χ2v) is 4.06. The minimum atomic E-state index is -0.839. The van der Waals surface area contributed by atoms with Crippen LogP contribution in [0, 0.1) is 0 Å². The maximum Gasteiger partial charge on any atom is 0.320 e. The molecule has 0 aliphatic heterocycles. The third-order valence-corrected chi connectivity index (χ3v) is 2.79. The normalized spacial score (nSPS) is 12.2. The van der Waals surface area contributed by atoms with Crippen LogP contribution in [-0.2, 0) is 11.3 Å². The highest BCUT2D eigenvalue weighted by atomic mass is 35.5. The molecule has 0 bridgehead atoms. The number of carboxylic acid groups (broad SMARTS) is 1. The van der Waals surface area contributed by atoms with Crippen molar-refractivity contribution in [2.75, 3.05) is 7.11 Å². The van der Waals surface area contributed by atoms with Gasteiger partial charge in [0.25, 0.3) is 0 Å². The Labute approximate surface area is 106 Å². The van der Waals surface area contributed by atoms with Gasteiger partial charge in [0.2, 0.25) is 0 Å². The molecule has 0 saturated heterocycles. The molecule has 0 unspecified atom stereocenters. The van der Waals surface area contributed by atoms with Crippen molar-refractivity contribution in [2.45, 2.75) is 25.9 Å². The summed E-state index contributed by atoms with van der Waals surface area (Å²) < 4.78 is 5.09. The van der Waals surface area contributed by atoms with Crippen LogP contribution < -0.4 is 10.1 Å². The van der Waals surface area contributed by atoms with Gasteiger partial charge in [-0.2, -0.15) is 0 Å². The van der Waals surface area contributed by atoms with E-state index in [1.54, 1.807) is 19.2 Å². The summed E-state index contributed by atoms with van der Waals surface area (Å²) in [7, 11) is 1.55. The number of aliphatic carboxylic acids is 1. The van der Waals surface area contributed by atoms with E-state index in [4.69, 9.17) is 21.4 Å². The number of rotatable bonds is 6. The molecule has 1 aromatic rings. The van der Waals surface area contributed by atoms with Crippen molar-refractivity contribution in [2.24, 2.45) is 0 Å². The molecule has 0 saturated carbocycles. The molecular weight excluding hydrogens is 242 g/mol. The highest BCUT2D eigenvalue weighted by molar-refractivity contribution is 6.32. The van der Waals surface area contributed by atoms with E-state index >= 15 is 0 Å². The molecule has 17 heavy (non-hydrogen) atoms. The Kier molecular flexibility index (Phi) is 5.25. The van der Waals surface area contributed by atoms with Crippen LogP contribution in [0.1, 0.15) is 18.9 Å². The molecule has 2 N–H and O–H groups in total. The van der Waals surface area contributed by atoms with Crippen LogP contribution >= 0.6 is 11.6 Å². The van der Waals surface area contributed by atoms with E-state index in [0.29, 0.717) is 23.7 Å². The third-order valence-electron chi connectivity index (χ3n) is 2.47. The molecule has 0 aliphatic carbocycles. The zero-order chi connectivity index (χ0) is 12.8. The highest BCUT2D eigenvalue weighted by Crippen LogP contribution is 2.24.